The van der Waals surface area contributed by atoms with Crippen LogP contribution in [0.1, 0.15) is 29.6 Å². The first-order valence-corrected chi connectivity index (χ1v) is 12.7. The summed E-state index contributed by atoms with van der Waals surface area (Å²) in [5.74, 6) is -3.33. The first kappa shape index (κ1) is 23.4. The van der Waals surface area contributed by atoms with Crippen molar-refractivity contribution in [2.75, 3.05) is 19.1 Å². The van der Waals surface area contributed by atoms with E-state index >= 15 is 0 Å². The van der Waals surface area contributed by atoms with E-state index in [0.29, 0.717) is 11.6 Å². The van der Waals surface area contributed by atoms with E-state index in [9.17, 15) is 22.8 Å². The molecule has 0 aliphatic heterocycles. The molecule has 13 heteroatoms. The number of hydrogen-bond acceptors (Lipinski definition) is 10. The van der Waals surface area contributed by atoms with Crippen LogP contribution in [0.5, 0.6) is 5.75 Å². The molecule has 1 heterocycles. The minimum absolute atomic E-state index is 0.0641. The van der Waals surface area contributed by atoms with Gasteiger partial charge in [0.2, 0.25) is 5.16 Å². The highest BCUT2D eigenvalue weighted by Gasteiger charge is 2.38. The molecule has 2 aromatic rings. The quantitative estimate of drug-likeness (QED) is 0.307. The van der Waals surface area contributed by atoms with E-state index in [2.05, 4.69) is 15.4 Å². The largest absolute Gasteiger partial charge is 0.489 e. The molecule has 0 unspecified atom stereocenters. The van der Waals surface area contributed by atoms with Crippen molar-refractivity contribution in [1.82, 2.24) is 20.2 Å². The Morgan fingerprint density at radius 2 is 1.97 bits per heavy atom. The number of ketones is 3. The predicted molar refractivity (Wildman–Crippen MR) is 111 cm³/mol. The molecule has 0 spiro atoms. The summed E-state index contributed by atoms with van der Waals surface area (Å²) < 4.78 is 30.0. The average Bonchev–Trinajstić information content (AvgIpc) is 3.16. The lowest BCUT2D eigenvalue weighted by molar-refractivity contribution is -0.133. The lowest BCUT2D eigenvalue weighted by Crippen LogP contribution is -2.35. The van der Waals surface area contributed by atoms with Crippen molar-refractivity contribution in [3.63, 3.8) is 0 Å². The number of Topliss-reactive ketones (excluding diaryl/α,β-unsaturated/α-hetero) is 3. The molecule has 0 N–H and O–H groups in total. The maximum Gasteiger partial charge on any atom is 0.230 e. The number of benzene rings is 1. The molecule has 1 aromatic heterocycles. The number of thioether (sulfide) groups is 1. The van der Waals surface area contributed by atoms with Crippen molar-refractivity contribution in [2.24, 2.45) is 5.92 Å². The minimum Gasteiger partial charge on any atom is -0.489 e. The van der Waals surface area contributed by atoms with Crippen LogP contribution in [-0.2, 0) is 26.0 Å². The second-order valence-electron chi connectivity index (χ2n) is 6.83. The summed E-state index contributed by atoms with van der Waals surface area (Å²) in [6, 6.07) is 2.38. The van der Waals surface area contributed by atoms with Crippen molar-refractivity contribution >= 4 is 50.5 Å². The van der Waals surface area contributed by atoms with Crippen molar-refractivity contribution < 1.29 is 27.5 Å². The van der Waals surface area contributed by atoms with Crippen molar-refractivity contribution in [3.05, 3.63) is 22.7 Å². The molecule has 0 atom stereocenters. The van der Waals surface area contributed by atoms with Gasteiger partial charge in [-0.2, -0.15) is 4.80 Å². The van der Waals surface area contributed by atoms with Crippen LogP contribution in [0.2, 0.25) is 5.02 Å². The van der Waals surface area contributed by atoms with Gasteiger partial charge in [-0.3, -0.25) is 14.4 Å². The highest BCUT2D eigenvalue weighted by molar-refractivity contribution is 7.98. The van der Waals surface area contributed by atoms with E-state index in [1.54, 1.807) is 6.26 Å². The number of hydrogen-bond donors (Lipinski definition) is 0. The number of nitrogens with zero attached hydrogens (tertiary/aromatic N) is 4. The third-order valence-corrected chi connectivity index (χ3v) is 6.66. The first-order valence-electron chi connectivity index (χ1n) is 9.20. The zero-order chi connectivity index (χ0) is 22.8. The Bertz CT molecular complexity index is 1130. The number of tetrazole rings is 1. The van der Waals surface area contributed by atoms with Crippen LogP contribution in [0.3, 0.4) is 0 Å². The molecule has 0 saturated heterocycles. The zero-order valence-corrected chi connectivity index (χ0v) is 19.1. The molecule has 1 saturated carbocycles. The summed E-state index contributed by atoms with van der Waals surface area (Å²) >= 11 is 7.66. The molecular formula is C18H19ClN4O6S2. The summed E-state index contributed by atoms with van der Waals surface area (Å²) in [6.45, 7) is 0.0796. The summed E-state index contributed by atoms with van der Waals surface area (Å²) in [4.78, 5) is 38.3. The summed E-state index contributed by atoms with van der Waals surface area (Å²) in [5, 5.41) is 11.9. The van der Waals surface area contributed by atoms with Gasteiger partial charge in [0.1, 0.15) is 17.4 Å². The number of sulfone groups is 1. The number of carbonyl (C=O) groups excluding carboxylic acids is 3. The Labute approximate surface area is 187 Å². The number of ether oxygens (including phenoxy) is 1. The Kier molecular flexibility index (Phi) is 7.12. The van der Waals surface area contributed by atoms with Crippen LogP contribution in [-0.4, -0.2) is 65.1 Å². The van der Waals surface area contributed by atoms with Gasteiger partial charge in [-0.1, -0.05) is 23.4 Å². The molecule has 10 nitrogen and oxygen atoms in total. The smallest absolute Gasteiger partial charge is 0.230 e. The minimum atomic E-state index is -3.75. The Morgan fingerprint density at radius 1 is 1.29 bits per heavy atom. The first-order chi connectivity index (χ1) is 14.6. The summed E-state index contributed by atoms with van der Waals surface area (Å²) in [6.07, 6.45) is 3.44. The van der Waals surface area contributed by atoms with Crippen LogP contribution < -0.4 is 4.74 Å². The maximum atomic E-state index is 12.9. The van der Waals surface area contributed by atoms with Crippen LogP contribution >= 0.6 is 23.4 Å². The number of rotatable bonds is 8. The second kappa shape index (κ2) is 9.45. The Morgan fingerprint density at radius 3 is 2.55 bits per heavy atom. The molecule has 1 fully saturated rings. The van der Waals surface area contributed by atoms with Crippen LogP contribution in [0.25, 0.3) is 0 Å². The zero-order valence-electron chi connectivity index (χ0n) is 16.7. The SMILES string of the molecule is CSc1nnn(CCOc2c(S(C)(=O)=O)ccc(C(=O)C3C(=O)CCCC3=O)c2Cl)n1. The fourth-order valence-electron chi connectivity index (χ4n) is 3.14. The monoisotopic (exact) mass is 486 g/mol. The number of halogens is 1. The van der Waals surface area contributed by atoms with E-state index < -0.39 is 33.1 Å². The van der Waals surface area contributed by atoms with Gasteiger partial charge < -0.3 is 4.74 Å². The average molecular weight is 487 g/mol. The fourth-order valence-corrected chi connectivity index (χ4v) is 4.62. The van der Waals surface area contributed by atoms with E-state index in [0.717, 1.165) is 6.26 Å². The molecule has 0 radical (unpaired) electrons. The van der Waals surface area contributed by atoms with Gasteiger partial charge in [0.05, 0.1) is 11.6 Å². The van der Waals surface area contributed by atoms with E-state index in [1.807, 2.05) is 0 Å². The van der Waals surface area contributed by atoms with Crippen LogP contribution in [0.15, 0.2) is 22.2 Å². The van der Waals surface area contributed by atoms with Crippen molar-refractivity contribution in [2.45, 2.75) is 35.9 Å². The van der Waals surface area contributed by atoms with Crippen LogP contribution in [0, 0.1) is 5.92 Å². The molecule has 1 aliphatic carbocycles. The van der Waals surface area contributed by atoms with Gasteiger partial charge in [0.15, 0.2) is 32.9 Å². The molecule has 0 bridgehead atoms. The number of carbonyl (C=O) groups is 3. The molecule has 3 rings (SSSR count). The molecule has 1 aliphatic rings. The highest BCUT2D eigenvalue weighted by Crippen LogP contribution is 2.37. The van der Waals surface area contributed by atoms with Crippen LogP contribution in [0.4, 0.5) is 0 Å². The van der Waals surface area contributed by atoms with Gasteiger partial charge in [-0.25, -0.2) is 8.42 Å². The lowest BCUT2D eigenvalue weighted by atomic mass is 9.81. The van der Waals surface area contributed by atoms with Crippen molar-refractivity contribution in [3.8, 4) is 5.75 Å². The molecule has 1 aromatic carbocycles. The third-order valence-electron chi connectivity index (χ3n) is 4.63. The maximum absolute atomic E-state index is 12.9. The lowest BCUT2D eigenvalue weighted by Gasteiger charge is -2.20. The van der Waals surface area contributed by atoms with Gasteiger partial charge in [-0.05, 0) is 30.0 Å². The van der Waals surface area contributed by atoms with E-state index in [1.165, 1.54) is 28.7 Å². The summed E-state index contributed by atoms with van der Waals surface area (Å²) in [7, 11) is -3.75. The van der Waals surface area contributed by atoms with E-state index in [-0.39, 0.29) is 47.2 Å². The fraction of sp³-hybridized carbons (Fsp3) is 0.444. The molecular weight excluding hydrogens is 468 g/mol. The second-order valence-corrected chi connectivity index (χ2v) is 9.97. The van der Waals surface area contributed by atoms with Gasteiger partial charge >= 0.3 is 0 Å². The van der Waals surface area contributed by atoms with E-state index in [4.69, 9.17) is 16.3 Å². The Hall–Kier alpha value is -2.31. The normalized spacial score (nSPS) is 15.3. The molecule has 0 amide bonds. The molecule has 31 heavy (non-hydrogen) atoms. The Balaban J connectivity index is 1.91. The topological polar surface area (TPSA) is 138 Å². The standard InChI is InChI=1S/C18H19ClN4O6S2/c1-30-18-20-22-23(21-18)8-9-29-17-13(31(2,27)28)7-6-10(15(17)19)16(26)14-11(24)4-3-5-12(14)25/h6-7,14H,3-5,8-9H2,1-2H3. The van der Waals surface area contributed by atoms with Crippen molar-refractivity contribution in [1.29, 1.82) is 0 Å². The molecule has 166 valence electrons. The van der Waals surface area contributed by atoms with Gasteiger partial charge in [-0.15, -0.1) is 10.2 Å². The number of aromatic nitrogens is 4. The van der Waals surface area contributed by atoms with Gasteiger partial charge in [0.25, 0.3) is 0 Å². The van der Waals surface area contributed by atoms with Gasteiger partial charge in [0, 0.05) is 24.7 Å². The summed E-state index contributed by atoms with van der Waals surface area (Å²) in [5.41, 5.74) is -0.138. The highest BCUT2D eigenvalue weighted by atomic mass is 35.5. The third kappa shape index (κ3) is 5.13. The predicted octanol–water partition coefficient (Wildman–Crippen LogP) is 1.65.